The van der Waals surface area contributed by atoms with Crippen molar-refractivity contribution in [1.82, 2.24) is 40.2 Å². The molecular weight excluding hydrogens is 542 g/mol. The Labute approximate surface area is 248 Å². The highest BCUT2D eigenvalue weighted by Crippen LogP contribution is 2.30. The van der Waals surface area contributed by atoms with Crippen molar-refractivity contribution in [2.75, 3.05) is 10.2 Å². The molecule has 0 spiro atoms. The first kappa shape index (κ1) is 27.6. The molecule has 43 heavy (non-hydrogen) atoms. The Hall–Kier alpha value is -5.57. The minimum atomic E-state index is -0.180. The first-order chi connectivity index (χ1) is 21.1. The molecule has 0 aliphatic heterocycles. The van der Waals surface area contributed by atoms with Gasteiger partial charge in [-0.05, 0) is 49.4 Å². The van der Waals surface area contributed by atoms with Crippen molar-refractivity contribution < 1.29 is 4.79 Å². The summed E-state index contributed by atoms with van der Waals surface area (Å²) in [6, 6.07) is 17.5. The maximum atomic E-state index is 13.6. The van der Waals surface area contributed by atoms with E-state index in [0.717, 1.165) is 42.4 Å². The van der Waals surface area contributed by atoms with Crippen LogP contribution >= 0.6 is 0 Å². The normalized spacial score (nSPS) is 16.3. The summed E-state index contributed by atoms with van der Waals surface area (Å²) >= 11 is 0. The molecule has 2 amide bonds. The number of nitrogens with one attached hydrogen (secondary N) is 3. The standard InChI is InChI=1S/C31H31N11O/c1-41-20-24(19-37-41)22-7-12-28(33-17-22)42(31(43)35-16-21-5-3-2-4-6-21)26-10-8-25(9-11-26)38-30-34-18-23(15-32)29(39-30)27-13-14-36-40-27/h2-7,12-14,17-20,25-26H,8-11,16H2,1H3,(H,35,43)(H,36,40)(H,34,38,39)/t25-,26-. The molecule has 216 valence electrons. The number of benzene rings is 1. The Morgan fingerprint density at radius 1 is 1.05 bits per heavy atom. The average molecular weight is 574 g/mol. The van der Waals surface area contributed by atoms with Crippen LogP contribution in [0.3, 0.4) is 0 Å². The van der Waals surface area contributed by atoms with Crippen molar-refractivity contribution in [2.45, 2.75) is 44.3 Å². The first-order valence-electron chi connectivity index (χ1n) is 14.2. The topological polar surface area (TPSA) is 153 Å². The number of nitriles is 1. The van der Waals surface area contributed by atoms with Gasteiger partial charge in [0.15, 0.2) is 0 Å². The molecule has 4 heterocycles. The van der Waals surface area contributed by atoms with Gasteiger partial charge in [0.1, 0.15) is 23.3 Å². The minimum absolute atomic E-state index is 0.0351. The van der Waals surface area contributed by atoms with Gasteiger partial charge >= 0.3 is 6.03 Å². The van der Waals surface area contributed by atoms with Gasteiger partial charge in [-0.1, -0.05) is 30.3 Å². The summed E-state index contributed by atoms with van der Waals surface area (Å²) in [6.45, 7) is 0.426. The number of H-pyrrole nitrogens is 1. The molecule has 3 N–H and O–H groups in total. The molecule has 1 aliphatic carbocycles. The third-order valence-electron chi connectivity index (χ3n) is 7.59. The molecule has 1 aliphatic rings. The van der Waals surface area contributed by atoms with Crippen molar-refractivity contribution in [3.8, 4) is 28.6 Å². The van der Waals surface area contributed by atoms with Crippen molar-refractivity contribution >= 4 is 17.8 Å². The zero-order valence-electron chi connectivity index (χ0n) is 23.7. The summed E-state index contributed by atoms with van der Waals surface area (Å²) < 4.78 is 1.75. The molecule has 1 saturated carbocycles. The Kier molecular flexibility index (Phi) is 8.04. The number of hydrogen-bond donors (Lipinski definition) is 3. The molecule has 0 radical (unpaired) electrons. The molecular formula is C31H31N11O. The Bertz CT molecular complexity index is 1700. The van der Waals surface area contributed by atoms with Gasteiger partial charge in [-0.25, -0.2) is 19.7 Å². The number of aromatic amines is 1. The summed E-state index contributed by atoms with van der Waals surface area (Å²) in [4.78, 5) is 29.1. The molecule has 1 aromatic carbocycles. The average Bonchev–Trinajstić information content (AvgIpc) is 3.74. The lowest BCUT2D eigenvalue weighted by Gasteiger charge is -2.36. The van der Waals surface area contributed by atoms with E-state index >= 15 is 0 Å². The van der Waals surface area contributed by atoms with Crippen LogP contribution < -0.4 is 15.5 Å². The highest BCUT2D eigenvalue weighted by Gasteiger charge is 2.31. The van der Waals surface area contributed by atoms with Crippen LogP contribution in [0, 0.1) is 11.3 Å². The van der Waals surface area contributed by atoms with E-state index in [1.54, 1.807) is 34.2 Å². The number of urea groups is 1. The number of anilines is 2. The van der Waals surface area contributed by atoms with Crippen molar-refractivity contribution in [3.05, 3.63) is 90.6 Å². The van der Waals surface area contributed by atoms with Crippen LogP contribution in [0.2, 0.25) is 0 Å². The van der Waals surface area contributed by atoms with E-state index in [-0.39, 0.29) is 18.1 Å². The van der Waals surface area contributed by atoms with Crippen LogP contribution in [-0.2, 0) is 13.6 Å². The predicted molar refractivity (Wildman–Crippen MR) is 162 cm³/mol. The maximum Gasteiger partial charge on any atom is 0.323 e. The molecule has 12 heteroatoms. The fourth-order valence-corrected chi connectivity index (χ4v) is 5.37. The van der Waals surface area contributed by atoms with Gasteiger partial charge in [-0.2, -0.15) is 15.5 Å². The lowest BCUT2D eigenvalue weighted by atomic mass is 9.90. The third kappa shape index (κ3) is 6.36. The number of rotatable bonds is 8. The molecule has 5 aromatic rings. The molecule has 0 saturated heterocycles. The first-order valence-corrected chi connectivity index (χ1v) is 14.2. The summed E-state index contributed by atoms with van der Waals surface area (Å²) in [7, 11) is 1.88. The molecule has 0 atom stereocenters. The van der Waals surface area contributed by atoms with Crippen molar-refractivity contribution in [1.29, 1.82) is 5.26 Å². The monoisotopic (exact) mass is 573 g/mol. The molecule has 4 aromatic heterocycles. The number of nitrogens with zero attached hydrogens (tertiary/aromatic N) is 8. The number of amides is 2. The highest BCUT2D eigenvalue weighted by atomic mass is 16.2. The van der Waals surface area contributed by atoms with Crippen molar-refractivity contribution in [3.63, 3.8) is 0 Å². The summed E-state index contributed by atoms with van der Waals surface area (Å²) in [5.74, 6) is 1.05. The fraction of sp³-hybridized carbons (Fsp3) is 0.258. The molecule has 6 rings (SSSR count). The molecule has 1 fully saturated rings. The molecule has 0 bridgehead atoms. The largest absolute Gasteiger partial charge is 0.351 e. The van der Waals surface area contributed by atoms with Crippen LogP contribution in [0.5, 0.6) is 0 Å². The van der Waals surface area contributed by atoms with E-state index in [0.29, 0.717) is 35.3 Å². The van der Waals surface area contributed by atoms with Crippen LogP contribution in [-0.4, -0.2) is 53.0 Å². The summed E-state index contributed by atoms with van der Waals surface area (Å²) in [5.41, 5.74) is 4.36. The van der Waals surface area contributed by atoms with E-state index in [9.17, 15) is 10.1 Å². The zero-order valence-corrected chi connectivity index (χ0v) is 23.7. The van der Waals surface area contributed by atoms with Crippen molar-refractivity contribution in [2.24, 2.45) is 7.05 Å². The number of carbonyl (C=O) groups excluding carboxylic acids is 1. The number of aromatic nitrogens is 7. The van der Waals surface area contributed by atoms with Gasteiger partial charge in [-0.3, -0.25) is 14.7 Å². The van der Waals surface area contributed by atoms with E-state index < -0.39 is 0 Å². The van der Waals surface area contributed by atoms with E-state index in [1.807, 2.05) is 55.7 Å². The molecule has 0 unspecified atom stereocenters. The van der Waals surface area contributed by atoms with E-state index in [4.69, 9.17) is 4.98 Å². The van der Waals surface area contributed by atoms with Crippen LogP contribution in [0.4, 0.5) is 16.6 Å². The number of aryl methyl sites for hydroxylation is 1. The maximum absolute atomic E-state index is 13.6. The fourth-order valence-electron chi connectivity index (χ4n) is 5.37. The zero-order chi connectivity index (χ0) is 29.6. The predicted octanol–water partition coefficient (Wildman–Crippen LogP) is 4.67. The Morgan fingerprint density at radius 3 is 2.56 bits per heavy atom. The number of pyridine rings is 1. The van der Waals surface area contributed by atoms with Gasteiger partial charge in [0.25, 0.3) is 0 Å². The van der Waals surface area contributed by atoms with E-state index in [1.165, 1.54) is 6.20 Å². The highest BCUT2D eigenvalue weighted by molar-refractivity contribution is 5.91. The lowest BCUT2D eigenvalue weighted by Crippen LogP contribution is -2.49. The second kappa shape index (κ2) is 12.5. The molecule has 12 nitrogen and oxygen atoms in total. The van der Waals surface area contributed by atoms with Gasteiger partial charge in [0.2, 0.25) is 5.95 Å². The smallest absolute Gasteiger partial charge is 0.323 e. The minimum Gasteiger partial charge on any atom is -0.351 e. The van der Waals surface area contributed by atoms with Gasteiger partial charge < -0.3 is 10.6 Å². The SMILES string of the molecule is Cn1cc(-c2ccc(N(C(=O)NCc3ccccc3)[C@H]3CC[C@H](Nc4ncc(C#N)c(-c5cc[nH]n5)n4)CC3)nc2)cn1. The third-order valence-corrected chi connectivity index (χ3v) is 7.59. The quantitative estimate of drug-likeness (QED) is 0.242. The number of carbonyl (C=O) groups is 1. The van der Waals surface area contributed by atoms with Crippen LogP contribution in [0.15, 0.2) is 79.5 Å². The van der Waals surface area contributed by atoms with Crippen LogP contribution in [0.25, 0.3) is 22.5 Å². The second-order valence-electron chi connectivity index (χ2n) is 10.5. The Morgan fingerprint density at radius 2 is 1.88 bits per heavy atom. The summed E-state index contributed by atoms with van der Waals surface area (Å²) in [6.07, 6.45) is 11.9. The van der Waals surface area contributed by atoms with Crippen LogP contribution in [0.1, 0.15) is 36.8 Å². The van der Waals surface area contributed by atoms with E-state index in [2.05, 4.69) is 42.0 Å². The number of hydrogen-bond acceptors (Lipinski definition) is 8. The second-order valence-corrected chi connectivity index (χ2v) is 10.5. The lowest BCUT2D eigenvalue weighted by molar-refractivity contribution is 0.240. The van der Waals surface area contributed by atoms with Gasteiger partial charge in [0, 0.05) is 55.4 Å². The van der Waals surface area contributed by atoms with Gasteiger partial charge in [-0.15, -0.1) is 0 Å². The van der Waals surface area contributed by atoms with Gasteiger partial charge in [0.05, 0.1) is 18.0 Å². The Balaban J connectivity index is 1.16. The summed E-state index contributed by atoms with van der Waals surface area (Å²) in [5, 5.41) is 27.2.